The average Bonchev–Trinajstić information content (AvgIpc) is 2.96. The summed E-state index contributed by atoms with van der Waals surface area (Å²) < 4.78 is 5.61. The zero-order valence-electron chi connectivity index (χ0n) is 13.2. The fraction of sp³-hybridized carbons (Fsp3) is 0.647. The first-order chi connectivity index (χ1) is 10.1. The summed E-state index contributed by atoms with van der Waals surface area (Å²) in [5.41, 5.74) is 1.17. The summed E-state index contributed by atoms with van der Waals surface area (Å²) >= 11 is 0. The van der Waals surface area contributed by atoms with Gasteiger partial charge in [-0.1, -0.05) is 12.1 Å². The van der Waals surface area contributed by atoms with Crippen LogP contribution in [0.15, 0.2) is 24.3 Å². The number of aliphatic hydroxyl groups is 1. The molecule has 0 radical (unpaired) electrons. The molecule has 118 valence electrons. The van der Waals surface area contributed by atoms with Crippen LogP contribution in [-0.4, -0.2) is 54.9 Å². The Morgan fingerprint density at radius 1 is 1.33 bits per heavy atom. The van der Waals surface area contributed by atoms with Gasteiger partial charge in [-0.15, -0.1) is 0 Å². The number of hydrogen-bond acceptors (Lipinski definition) is 4. The van der Waals surface area contributed by atoms with Crippen molar-refractivity contribution in [3.63, 3.8) is 0 Å². The highest BCUT2D eigenvalue weighted by atomic mass is 16.5. The zero-order valence-corrected chi connectivity index (χ0v) is 13.2. The highest BCUT2D eigenvalue weighted by Gasteiger charge is 2.15. The second kappa shape index (κ2) is 8.37. The van der Waals surface area contributed by atoms with Gasteiger partial charge in [-0.05, 0) is 57.5 Å². The van der Waals surface area contributed by atoms with Crippen molar-refractivity contribution in [2.45, 2.75) is 38.8 Å². The molecule has 0 aromatic heterocycles. The molecule has 1 aromatic carbocycles. The quantitative estimate of drug-likeness (QED) is 0.767. The van der Waals surface area contributed by atoms with Crippen LogP contribution in [0.4, 0.5) is 0 Å². The summed E-state index contributed by atoms with van der Waals surface area (Å²) in [7, 11) is 0. The minimum Gasteiger partial charge on any atom is -0.491 e. The van der Waals surface area contributed by atoms with Crippen LogP contribution in [0, 0.1) is 6.92 Å². The fourth-order valence-corrected chi connectivity index (χ4v) is 2.71. The van der Waals surface area contributed by atoms with Crippen molar-refractivity contribution in [1.82, 2.24) is 10.2 Å². The summed E-state index contributed by atoms with van der Waals surface area (Å²) in [5, 5.41) is 13.4. The van der Waals surface area contributed by atoms with Crippen LogP contribution < -0.4 is 10.1 Å². The molecule has 0 aliphatic carbocycles. The normalized spacial score (nSPS) is 18.6. The first-order valence-corrected chi connectivity index (χ1v) is 7.97. The van der Waals surface area contributed by atoms with Gasteiger partial charge in [0.15, 0.2) is 0 Å². The van der Waals surface area contributed by atoms with Gasteiger partial charge >= 0.3 is 0 Å². The van der Waals surface area contributed by atoms with E-state index in [4.69, 9.17) is 4.74 Å². The van der Waals surface area contributed by atoms with Gasteiger partial charge in [0, 0.05) is 19.1 Å². The van der Waals surface area contributed by atoms with Gasteiger partial charge in [0.25, 0.3) is 0 Å². The molecule has 2 unspecified atom stereocenters. The molecule has 1 aliphatic rings. The summed E-state index contributed by atoms with van der Waals surface area (Å²) in [6, 6.07) is 8.30. The number of ether oxygens (including phenoxy) is 1. The monoisotopic (exact) mass is 292 g/mol. The maximum Gasteiger partial charge on any atom is 0.119 e. The van der Waals surface area contributed by atoms with Gasteiger partial charge in [-0.25, -0.2) is 0 Å². The predicted octanol–water partition coefficient (Wildman–Crippen LogP) is 1.81. The van der Waals surface area contributed by atoms with E-state index in [1.165, 1.54) is 31.5 Å². The molecule has 2 N–H and O–H groups in total. The van der Waals surface area contributed by atoms with E-state index >= 15 is 0 Å². The Morgan fingerprint density at radius 3 is 2.81 bits per heavy atom. The van der Waals surface area contributed by atoms with Gasteiger partial charge in [0.1, 0.15) is 18.5 Å². The van der Waals surface area contributed by atoms with E-state index in [9.17, 15) is 5.11 Å². The predicted molar refractivity (Wildman–Crippen MR) is 85.8 cm³/mol. The number of aryl methyl sites for hydroxylation is 1. The van der Waals surface area contributed by atoms with Crippen molar-refractivity contribution in [2.24, 2.45) is 0 Å². The molecule has 0 saturated carbocycles. The highest BCUT2D eigenvalue weighted by molar-refractivity contribution is 5.27. The van der Waals surface area contributed by atoms with E-state index in [0.717, 1.165) is 12.3 Å². The van der Waals surface area contributed by atoms with E-state index in [0.29, 0.717) is 19.2 Å². The van der Waals surface area contributed by atoms with Gasteiger partial charge in [0.05, 0.1) is 0 Å². The molecule has 4 nitrogen and oxygen atoms in total. The van der Waals surface area contributed by atoms with Gasteiger partial charge in [-0.2, -0.15) is 0 Å². The third-order valence-corrected chi connectivity index (χ3v) is 3.86. The molecule has 0 amide bonds. The van der Waals surface area contributed by atoms with Crippen LogP contribution in [0.2, 0.25) is 0 Å². The van der Waals surface area contributed by atoms with Crippen molar-refractivity contribution < 1.29 is 9.84 Å². The third-order valence-electron chi connectivity index (χ3n) is 3.86. The smallest absolute Gasteiger partial charge is 0.119 e. The van der Waals surface area contributed by atoms with Crippen molar-refractivity contribution in [3.8, 4) is 5.75 Å². The fourth-order valence-electron chi connectivity index (χ4n) is 2.71. The standard InChI is InChI=1S/C17H28N2O2/c1-14-6-5-7-17(10-14)21-13-16(20)11-18-15(2)12-19-8-3-4-9-19/h5-7,10,15-16,18,20H,3-4,8-9,11-13H2,1-2H3. The van der Waals surface area contributed by atoms with E-state index in [1.807, 2.05) is 31.2 Å². The molecule has 4 heteroatoms. The Balaban J connectivity index is 1.61. The Kier molecular flexibility index (Phi) is 6.49. The number of nitrogens with one attached hydrogen (secondary N) is 1. The van der Waals surface area contributed by atoms with Gasteiger partial charge in [-0.3, -0.25) is 0 Å². The van der Waals surface area contributed by atoms with Crippen molar-refractivity contribution in [2.75, 3.05) is 32.8 Å². The largest absolute Gasteiger partial charge is 0.491 e. The third kappa shape index (κ3) is 6.04. The highest BCUT2D eigenvalue weighted by Crippen LogP contribution is 2.12. The minimum atomic E-state index is -0.480. The number of hydrogen-bond donors (Lipinski definition) is 2. The lowest BCUT2D eigenvalue weighted by Gasteiger charge is -2.22. The van der Waals surface area contributed by atoms with Crippen LogP contribution in [0.5, 0.6) is 5.75 Å². The Hall–Kier alpha value is -1.10. The second-order valence-corrected chi connectivity index (χ2v) is 6.10. The van der Waals surface area contributed by atoms with E-state index in [2.05, 4.69) is 17.1 Å². The molecule has 1 heterocycles. The summed E-state index contributed by atoms with van der Waals surface area (Å²) in [6.07, 6.45) is 2.16. The lowest BCUT2D eigenvalue weighted by atomic mass is 10.2. The second-order valence-electron chi connectivity index (χ2n) is 6.10. The SMILES string of the molecule is Cc1cccc(OCC(O)CNC(C)CN2CCCC2)c1. The number of aliphatic hydroxyl groups excluding tert-OH is 1. The zero-order chi connectivity index (χ0) is 15.1. The molecular formula is C17H28N2O2. The van der Waals surface area contributed by atoms with Crippen LogP contribution in [-0.2, 0) is 0 Å². The maximum absolute atomic E-state index is 9.99. The van der Waals surface area contributed by atoms with Crippen molar-refractivity contribution in [3.05, 3.63) is 29.8 Å². The van der Waals surface area contributed by atoms with Gasteiger partial charge < -0.3 is 20.1 Å². The molecule has 1 aromatic rings. The average molecular weight is 292 g/mol. The van der Waals surface area contributed by atoms with Crippen LogP contribution in [0.25, 0.3) is 0 Å². The maximum atomic E-state index is 9.99. The van der Waals surface area contributed by atoms with E-state index in [1.54, 1.807) is 0 Å². The van der Waals surface area contributed by atoms with Crippen molar-refractivity contribution >= 4 is 0 Å². The van der Waals surface area contributed by atoms with Crippen LogP contribution >= 0.6 is 0 Å². The molecule has 2 rings (SSSR count). The Labute approximate surface area is 128 Å². The minimum absolute atomic E-state index is 0.326. The summed E-state index contributed by atoms with van der Waals surface area (Å²) in [4.78, 5) is 2.48. The molecular weight excluding hydrogens is 264 g/mol. The van der Waals surface area contributed by atoms with Crippen molar-refractivity contribution in [1.29, 1.82) is 0 Å². The number of nitrogens with zero attached hydrogens (tertiary/aromatic N) is 1. The lowest BCUT2D eigenvalue weighted by Crippen LogP contribution is -2.42. The molecule has 1 fully saturated rings. The summed E-state index contributed by atoms with van der Waals surface area (Å²) in [6.45, 7) is 8.59. The first-order valence-electron chi connectivity index (χ1n) is 7.97. The van der Waals surface area contributed by atoms with Crippen LogP contribution in [0.1, 0.15) is 25.3 Å². The summed E-state index contributed by atoms with van der Waals surface area (Å²) in [5.74, 6) is 0.819. The molecule has 1 aliphatic heterocycles. The molecule has 2 atom stereocenters. The first kappa shape index (κ1) is 16.3. The van der Waals surface area contributed by atoms with Gasteiger partial charge in [0.2, 0.25) is 0 Å². The topological polar surface area (TPSA) is 44.7 Å². The number of benzene rings is 1. The van der Waals surface area contributed by atoms with E-state index < -0.39 is 6.10 Å². The molecule has 21 heavy (non-hydrogen) atoms. The Bertz CT molecular complexity index is 419. The molecule has 0 bridgehead atoms. The lowest BCUT2D eigenvalue weighted by molar-refractivity contribution is 0.102. The molecule has 1 saturated heterocycles. The number of rotatable bonds is 8. The Morgan fingerprint density at radius 2 is 2.10 bits per heavy atom. The van der Waals surface area contributed by atoms with Crippen LogP contribution in [0.3, 0.4) is 0 Å². The molecule has 0 spiro atoms. The number of likely N-dealkylation sites (tertiary alicyclic amines) is 1. The van der Waals surface area contributed by atoms with E-state index in [-0.39, 0.29) is 0 Å².